The Morgan fingerprint density at radius 2 is 2.33 bits per heavy atom. The summed E-state index contributed by atoms with van der Waals surface area (Å²) < 4.78 is 5.24. The van der Waals surface area contributed by atoms with Gasteiger partial charge in [0.2, 0.25) is 0 Å². The van der Waals surface area contributed by atoms with Gasteiger partial charge in [-0.2, -0.15) is 0 Å². The topological polar surface area (TPSA) is 32.7 Å². The first kappa shape index (κ1) is 9.96. The summed E-state index contributed by atoms with van der Waals surface area (Å²) in [5.74, 6) is 0. The molecule has 72 valence electrons. The van der Waals surface area contributed by atoms with Gasteiger partial charge in [0.05, 0.1) is 6.61 Å². The van der Waals surface area contributed by atoms with Gasteiger partial charge in [0.15, 0.2) is 0 Å². The maximum atomic E-state index is 10.00. The summed E-state index contributed by atoms with van der Waals surface area (Å²) in [4.78, 5) is 2.17. The molecule has 0 aromatic rings. The second-order valence-electron chi connectivity index (χ2n) is 3.83. The molecule has 0 spiro atoms. The molecule has 1 aliphatic heterocycles. The van der Waals surface area contributed by atoms with E-state index in [0.29, 0.717) is 19.3 Å². The molecule has 3 nitrogen and oxygen atoms in total. The number of nitrogens with zero attached hydrogens (tertiary/aromatic N) is 1. The molecule has 0 aliphatic carbocycles. The van der Waals surface area contributed by atoms with Crippen LogP contribution in [0.5, 0.6) is 0 Å². The van der Waals surface area contributed by atoms with Gasteiger partial charge in [0.1, 0.15) is 5.60 Å². The van der Waals surface area contributed by atoms with Crippen molar-refractivity contribution >= 4 is 0 Å². The fourth-order valence-electron chi connectivity index (χ4n) is 1.79. The maximum absolute atomic E-state index is 10.00. The van der Waals surface area contributed by atoms with Crippen LogP contribution in [0.25, 0.3) is 0 Å². The van der Waals surface area contributed by atoms with Crippen molar-refractivity contribution in [3.8, 4) is 0 Å². The Hall–Kier alpha value is -0.120. The van der Waals surface area contributed by atoms with Gasteiger partial charge in [0, 0.05) is 19.2 Å². The SMILES string of the molecule is CCOCC1(O)CC(C)N(C)C1. The van der Waals surface area contributed by atoms with Crippen molar-refractivity contribution in [3.63, 3.8) is 0 Å². The Morgan fingerprint density at radius 3 is 2.75 bits per heavy atom. The maximum Gasteiger partial charge on any atom is 0.102 e. The Balaban J connectivity index is 2.40. The van der Waals surface area contributed by atoms with E-state index >= 15 is 0 Å². The third kappa shape index (κ3) is 2.19. The fourth-order valence-corrected chi connectivity index (χ4v) is 1.79. The van der Waals surface area contributed by atoms with Crippen LogP contribution in [-0.4, -0.2) is 48.5 Å². The van der Waals surface area contributed by atoms with Crippen molar-refractivity contribution in [2.75, 3.05) is 26.8 Å². The zero-order valence-electron chi connectivity index (χ0n) is 8.21. The third-order valence-corrected chi connectivity index (χ3v) is 2.55. The lowest BCUT2D eigenvalue weighted by Gasteiger charge is -2.21. The van der Waals surface area contributed by atoms with Crippen molar-refractivity contribution in [1.82, 2.24) is 4.90 Å². The number of rotatable bonds is 3. The van der Waals surface area contributed by atoms with E-state index in [0.717, 1.165) is 13.0 Å². The lowest BCUT2D eigenvalue weighted by Crippen LogP contribution is -2.37. The van der Waals surface area contributed by atoms with Gasteiger partial charge in [-0.1, -0.05) is 0 Å². The first-order valence-electron chi connectivity index (χ1n) is 4.58. The highest BCUT2D eigenvalue weighted by molar-refractivity contribution is 4.93. The molecular formula is C9H19NO2. The average molecular weight is 173 g/mol. The second-order valence-corrected chi connectivity index (χ2v) is 3.83. The van der Waals surface area contributed by atoms with E-state index in [9.17, 15) is 5.11 Å². The first-order chi connectivity index (χ1) is 5.57. The first-order valence-corrected chi connectivity index (χ1v) is 4.58. The second kappa shape index (κ2) is 3.73. The van der Waals surface area contributed by atoms with Crippen LogP contribution in [0.15, 0.2) is 0 Å². The van der Waals surface area contributed by atoms with Crippen molar-refractivity contribution in [2.24, 2.45) is 0 Å². The zero-order chi connectivity index (χ0) is 9.19. The number of β-amino-alcohol motifs (C(OH)–C–C–N with tert-alkyl or cyclic N) is 1. The number of ether oxygens (including phenoxy) is 1. The highest BCUT2D eigenvalue weighted by Gasteiger charge is 2.38. The molecule has 0 saturated carbocycles. The smallest absolute Gasteiger partial charge is 0.102 e. The monoisotopic (exact) mass is 173 g/mol. The van der Waals surface area contributed by atoms with E-state index in [1.54, 1.807) is 0 Å². The summed E-state index contributed by atoms with van der Waals surface area (Å²) in [6, 6.07) is 0.468. The number of hydrogen-bond acceptors (Lipinski definition) is 3. The fraction of sp³-hybridized carbons (Fsp3) is 1.00. The van der Waals surface area contributed by atoms with Crippen LogP contribution in [0.4, 0.5) is 0 Å². The minimum absolute atomic E-state index is 0.468. The van der Waals surface area contributed by atoms with E-state index < -0.39 is 5.60 Å². The Morgan fingerprint density at radius 1 is 1.67 bits per heavy atom. The summed E-state index contributed by atoms with van der Waals surface area (Å²) in [5, 5.41) is 10.00. The molecule has 0 aromatic heterocycles. The Labute approximate surface area is 74.3 Å². The van der Waals surface area contributed by atoms with Gasteiger partial charge in [0.25, 0.3) is 0 Å². The number of likely N-dealkylation sites (tertiary alicyclic amines) is 1. The minimum atomic E-state index is -0.607. The molecule has 1 aliphatic rings. The molecule has 1 N–H and O–H groups in total. The number of hydrogen-bond donors (Lipinski definition) is 1. The van der Waals surface area contributed by atoms with Crippen LogP contribution in [0.1, 0.15) is 20.3 Å². The van der Waals surface area contributed by atoms with Gasteiger partial charge >= 0.3 is 0 Å². The largest absolute Gasteiger partial charge is 0.386 e. The predicted octanol–water partition coefficient (Wildman–Crippen LogP) is 0.478. The summed E-state index contributed by atoms with van der Waals surface area (Å²) in [5.41, 5.74) is -0.607. The molecule has 12 heavy (non-hydrogen) atoms. The minimum Gasteiger partial charge on any atom is -0.386 e. The highest BCUT2D eigenvalue weighted by atomic mass is 16.5. The summed E-state index contributed by atoms with van der Waals surface area (Å²) in [7, 11) is 2.04. The van der Waals surface area contributed by atoms with Crippen LogP contribution in [0.2, 0.25) is 0 Å². The van der Waals surface area contributed by atoms with E-state index in [1.807, 2.05) is 14.0 Å². The summed E-state index contributed by atoms with van der Waals surface area (Å²) in [6.07, 6.45) is 0.823. The highest BCUT2D eigenvalue weighted by Crippen LogP contribution is 2.25. The van der Waals surface area contributed by atoms with Crippen molar-refractivity contribution in [1.29, 1.82) is 0 Å². The van der Waals surface area contributed by atoms with E-state index in [2.05, 4.69) is 11.8 Å². The molecule has 1 fully saturated rings. The van der Waals surface area contributed by atoms with Crippen molar-refractivity contribution in [3.05, 3.63) is 0 Å². The molecule has 1 rings (SSSR count). The molecular weight excluding hydrogens is 154 g/mol. The number of likely N-dealkylation sites (N-methyl/N-ethyl adjacent to an activating group) is 1. The standard InChI is InChI=1S/C9H19NO2/c1-4-12-7-9(11)5-8(2)10(3)6-9/h8,11H,4-7H2,1-3H3. The number of aliphatic hydroxyl groups is 1. The van der Waals surface area contributed by atoms with Crippen LogP contribution in [0.3, 0.4) is 0 Å². The molecule has 1 saturated heterocycles. The lowest BCUT2D eigenvalue weighted by atomic mass is 10.0. The molecule has 0 radical (unpaired) electrons. The molecule has 0 aromatic carbocycles. The van der Waals surface area contributed by atoms with Crippen molar-refractivity contribution in [2.45, 2.75) is 31.9 Å². The van der Waals surface area contributed by atoms with Gasteiger partial charge in [-0.05, 0) is 27.3 Å². The van der Waals surface area contributed by atoms with Crippen LogP contribution in [-0.2, 0) is 4.74 Å². The van der Waals surface area contributed by atoms with E-state index in [4.69, 9.17) is 4.74 Å². The molecule has 3 heteroatoms. The van der Waals surface area contributed by atoms with E-state index in [-0.39, 0.29) is 0 Å². The summed E-state index contributed by atoms with van der Waals surface area (Å²) in [6.45, 7) is 5.96. The third-order valence-electron chi connectivity index (χ3n) is 2.55. The van der Waals surface area contributed by atoms with Crippen LogP contribution >= 0.6 is 0 Å². The van der Waals surface area contributed by atoms with Gasteiger partial charge in [-0.15, -0.1) is 0 Å². The Kier molecular flexibility index (Phi) is 3.09. The summed E-state index contributed by atoms with van der Waals surface area (Å²) >= 11 is 0. The Bertz CT molecular complexity index is 139. The van der Waals surface area contributed by atoms with Gasteiger partial charge in [-0.3, -0.25) is 0 Å². The van der Waals surface area contributed by atoms with Gasteiger partial charge in [-0.25, -0.2) is 0 Å². The van der Waals surface area contributed by atoms with Crippen molar-refractivity contribution < 1.29 is 9.84 Å². The van der Waals surface area contributed by atoms with E-state index in [1.165, 1.54) is 0 Å². The average Bonchev–Trinajstić information content (AvgIpc) is 2.24. The molecule has 2 unspecified atom stereocenters. The van der Waals surface area contributed by atoms with Gasteiger partial charge < -0.3 is 14.7 Å². The molecule has 0 bridgehead atoms. The molecule has 1 heterocycles. The van der Waals surface area contributed by atoms with Crippen LogP contribution in [0, 0.1) is 0 Å². The lowest BCUT2D eigenvalue weighted by molar-refractivity contribution is -0.0344. The normalized spacial score (nSPS) is 37.5. The zero-order valence-corrected chi connectivity index (χ0v) is 8.21. The molecule has 0 amide bonds. The quantitative estimate of drug-likeness (QED) is 0.673. The van der Waals surface area contributed by atoms with Crippen LogP contribution < -0.4 is 0 Å². The predicted molar refractivity (Wildman–Crippen MR) is 48.2 cm³/mol. The molecule has 2 atom stereocenters.